The zero-order chi connectivity index (χ0) is 22.2. The minimum Gasteiger partial charge on any atom is -0.508 e. The van der Waals surface area contributed by atoms with Gasteiger partial charge in [-0.25, -0.2) is 14.3 Å². The zero-order valence-corrected chi connectivity index (χ0v) is 17.5. The zero-order valence-electron chi connectivity index (χ0n) is 17.5. The molecule has 1 heterocycles. The summed E-state index contributed by atoms with van der Waals surface area (Å²) in [4.78, 5) is 24.1. The summed E-state index contributed by atoms with van der Waals surface area (Å²) in [6.07, 6.45) is 3.22. The van der Waals surface area contributed by atoms with Gasteiger partial charge in [-0.3, -0.25) is 0 Å². The van der Waals surface area contributed by atoms with Crippen LogP contribution in [-0.2, 0) is 11.2 Å². The van der Waals surface area contributed by atoms with Gasteiger partial charge in [-0.2, -0.15) is 5.10 Å². The van der Waals surface area contributed by atoms with Crippen LogP contribution >= 0.6 is 0 Å². The third-order valence-electron chi connectivity index (χ3n) is 4.62. The number of esters is 1. The molecule has 1 atom stereocenters. The SMILES string of the molecule is CCOC(=O)c1ccn(-c2cccc(NC(=O)NC(C)CCc3ccc(O)cc3)c2)n1. The van der Waals surface area contributed by atoms with Crippen molar-refractivity contribution >= 4 is 17.7 Å². The second-order valence-corrected chi connectivity index (χ2v) is 7.12. The molecule has 1 unspecified atom stereocenters. The number of ether oxygens (including phenoxy) is 1. The Kier molecular flexibility index (Phi) is 7.26. The van der Waals surface area contributed by atoms with Gasteiger partial charge >= 0.3 is 12.0 Å². The second kappa shape index (κ2) is 10.3. The number of nitrogens with zero attached hydrogens (tertiary/aromatic N) is 2. The minimum atomic E-state index is -0.476. The molecule has 0 fully saturated rings. The van der Waals surface area contributed by atoms with Crippen molar-refractivity contribution in [2.24, 2.45) is 0 Å². The van der Waals surface area contributed by atoms with Crippen molar-refractivity contribution in [2.75, 3.05) is 11.9 Å². The summed E-state index contributed by atoms with van der Waals surface area (Å²) in [7, 11) is 0. The molecule has 8 nitrogen and oxygen atoms in total. The lowest BCUT2D eigenvalue weighted by atomic mass is 10.1. The lowest BCUT2D eigenvalue weighted by molar-refractivity contribution is 0.0519. The van der Waals surface area contributed by atoms with E-state index in [9.17, 15) is 14.7 Å². The van der Waals surface area contributed by atoms with Gasteiger partial charge in [0.25, 0.3) is 0 Å². The van der Waals surface area contributed by atoms with Gasteiger partial charge in [0, 0.05) is 17.9 Å². The molecule has 31 heavy (non-hydrogen) atoms. The first kappa shape index (κ1) is 21.9. The van der Waals surface area contributed by atoms with Gasteiger partial charge < -0.3 is 20.5 Å². The van der Waals surface area contributed by atoms with E-state index in [0.29, 0.717) is 11.4 Å². The smallest absolute Gasteiger partial charge is 0.358 e. The molecular weight excluding hydrogens is 396 g/mol. The van der Waals surface area contributed by atoms with Gasteiger partial charge in [0.15, 0.2) is 5.69 Å². The summed E-state index contributed by atoms with van der Waals surface area (Å²) in [6, 6.07) is 15.5. The first-order chi connectivity index (χ1) is 14.9. The molecule has 3 N–H and O–H groups in total. The Labute approximate surface area is 180 Å². The number of phenolic OH excluding ortho intramolecular Hbond substituents is 1. The van der Waals surface area contributed by atoms with Crippen LogP contribution in [0.1, 0.15) is 36.3 Å². The van der Waals surface area contributed by atoms with Crippen molar-refractivity contribution in [1.29, 1.82) is 0 Å². The van der Waals surface area contributed by atoms with Crippen LogP contribution in [0.25, 0.3) is 5.69 Å². The Hall–Kier alpha value is -3.81. The number of phenols is 1. The molecule has 0 aliphatic heterocycles. The number of carbonyl (C=O) groups is 2. The second-order valence-electron chi connectivity index (χ2n) is 7.12. The summed E-state index contributed by atoms with van der Waals surface area (Å²) < 4.78 is 6.50. The van der Waals surface area contributed by atoms with E-state index in [2.05, 4.69) is 15.7 Å². The maximum absolute atomic E-state index is 12.4. The van der Waals surface area contributed by atoms with Gasteiger partial charge in [-0.05, 0) is 68.7 Å². The topological polar surface area (TPSA) is 105 Å². The van der Waals surface area contributed by atoms with Crippen LogP contribution in [0.2, 0.25) is 0 Å². The molecule has 0 aliphatic rings. The molecular formula is C23H26N4O4. The average Bonchev–Trinajstić information content (AvgIpc) is 3.24. The number of benzene rings is 2. The highest BCUT2D eigenvalue weighted by Gasteiger charge is 2.12. The highest BCUT2D eigenvalue weighted by Crippen LogP contribution is 2.15. The van der Waals surface area contributed by atoms with Crippen molar-refractivity contribution in [1.82, 2.24) is 15.1 Å². The molecule has 0 radical (unpaired) electrons. The molecule has 0 saturated heterocycles. The van der Waals surface area contributed by atoms with E-state index in [1.54, 1.807) is 54.2 Å². The first-order valence-corrected chi connectivity index (χ1v) is 10.1. The van der Waals surface area contributed by atoms with Crippen molar-refractivity contribution in [3.8, 4) is 11.4 Å². The molecule has 3 rings (SSSR count). The van der Waals surface area contributed by atoms with Crippen molar-refractivity contribution < 1.29 is 19.4 Å². The van der Waals surface area contributed by atoms with E-state index in [4.69, 9.17) is 4.74 Å². The Bertz CT molecular complexity index is 1030. The number of anilines is 1. The lowest BCUT2D eigenvalue weighted by Crippen LogP contribution is -2.36. The maximum atomic E-state index is 12.4. The molecule has 0 spiro atoms. The number of carbonyl (C=O) groups excluding carboxylic acids is 2. The van der Waals surface area contributed by atoms with E-state index in [1.807, 2.05) is 25.1 Å². The molecule has 2 aromatic carbocycles. The van der Waals surface area contributed by atoms with Gasteiger partial charge in [0.2, 0.25) is 0 Å². The van der Waals surface area contributed by atoms with Gasteiger partial charge in [0.05, 0.1) is 12.3 Å². The number of aromatic nitrogens is 2. The summed E-state index contributed by atoms with van der Waals surface area (Å²) >= 11 is 0. The fraction of sp³-hybridized carbons (Fsp3) is 0.261. The van der Waals surface area contributed by atoms with Crippen molar-refractivity contribution in [3.63, 3.8) is 0 Å². The molecule has 1 aromatic heterocycles. The molecule has 8 heteroatoms. The normalized spacial score (nSPS) is 11.5. The van der Waals surface area contributed by atoms with Gasteiger partial charge in [-0.15, -0.1) is 0 Å². The Morgan fingerprint density at radius 2 is 1.94 bits per heavy atom. The van der Waals surface area contributed by atoms with Crippen LogP contribution < -0.4 is 10.6 Å². The van der Waals surface area contributed by atoms with Crippen LogP contribution in [0.15, 0.2) is 60.8 Å². The number of hydrogen-bond acceptors (Lipinski definition) is 5. The standard InChI is InChI=1S/C23H26N4O4/c1-3-31-22(29)21-13-14-27(26-21)19-6-4-5-18(15-19)25-23(30)24-16(2)7-8-17-9-11-20(28)12-10-17/h4-6,9-16,28H,3,7-8H2,1-2H3,(H2,24,25,30). The van der Waals surface area contributed by atoms with Gasteiger partial charge in [0.1, 0.15) is 5.75 Å². The first-order valence-electron chi connectivity index (χ1n) is 10.1. The number of aromatic hydroxyl groups is 1. The van der Waals surface area contributed by atoms with Crippen LogP contribution in [0.4, 0.5) is 10.5 Å². The van der Waals surface area contributed by atoms with Crippen LogP contribution in [-0.4, -0.2) is 39.5 Å². The molecule has 162 valence electrons. The number of rotatable bonds is 8. The van der Waals surface area contributed by atoms with Crippen LogP contribution in [0, 0.1) is 0 Å². The number of amides is 2. The summed E-state index contributed by atoms with van der Waals surface area (Å²) in [6.45, 7) is 3.97. The highest BCUT2D eigenvalue weighted by atomic mass is 16.5. The molecule has 3 aromatic rings. The van der Waals surface area contributed by atoms with E-state index >= 15 is 0 Å². The predicted molar refractivity (Wildman–Crippen MR) is 118 cm³/mol. The molecule has 0 aliphatic carbocycles. The fourth-order valence-corrected chi connectivity index (χ4v) is 3.02. The largest absolute Gasteiger partial charge is 0.508 e. The predicted octanol–water partition coefficient (Wildman–Crippen LogP) is 3.90. The molecule has 2 amide bonds. The molecule has 0 bridgehead atoms. The minimum absolute atomic E-state index is 0.0322. The molecule has 0 saturated carbocycles. The Morgan fingerprint density at radius 1 is 1.16 bits per heavy atom. The van der Waals surface area contributed by atoms with E-state index in [0.717, 1.165) is 18.4 Å². The van der Waals surface area contributed by atoms with Crippen LogP contribution in [0.5, 0.6) is 5.75 Å². The number of hydrogen-bond donors (Lipinski definition) is 3. The average molecular weight is 422 g/mol. The van der Waals surface area contributed by atoms with E-state index in [1.165, 1.54) is 0 Å². The summed E-state index contributed by atoms with van der Waals surface area (Å²) in [5, 5.41) is 19.3. The third-order valence-corrected chi connectivity index (χ3v) is 4.62. The van der Waals surface area contributed by atoms with Crippen LogP contribution in [0.3, 0.4) is 0 Å². The lowest BCUT2D eigenvalue weighted by Gasteiger charge is -2.15. The van der Waals surface area contributed by atoms with Crippen molar-refractivity contribution in [3.05, 3.63) is 72.1 Å². The van der Waals surface area contributed by atoms with E-state index < -0.39 is 5.97 Å². The monoisotopic (exact) mass is 422 g/mol. The number of aryl methyl sites for hydroxylation is 1. The highest BCUT2D eigenvalue weighted by molar-refractivity contribution is 5.89. The Balaban J connectivity index is 1.54. The maximum Gasteiger partial charge on any atom is 0.358 e. The van der Waals surface area contributed by atoms with Gasteiger partial charge in [-0.1, -0.05) is 18.2 Å². The quantitative estimate of drug-likeness (QED) is 0.478. The third kappa shape index (κ3) is 6.33. The fourth-order valence-electron chi connectivity index (χ4n) is 3.02. The van der Waals surface area contributed by atoms with E-state index in [-0.39, 0.29) is 30.1 Å². The van der Waals surface area contributed by atoms with Crippen molar-refractivity contribution in [2.45, 2.75) is 32.7 Å². The Morgan fingerprint density at radius 3 is 2.68 bits per heavy atom. The number of nitrogens with one attached hydrogen (secondary N) is 2. The number of urea groups is 1. The summed E-state index contributed by atoms with van der Waals surface area (Å²) in [5.74, 6) is -0.236. The summed E-state index contributed by atoms with van der Waals surface area (Å²) in [5.41, 5.74) is 2.63.